The molecule has 0 saturated carbocycles. The number of hydrogen-bond acceptors (Lipinski definition) is 2. The van der Waals surface area contributed by atoms with Crippen molar-refractivity contribution in [3.8, 4) is 0 Å². The Morgan fingerprint density at radius 3 is 2.67 bits per heavy atom. The highest BCUT2D eigenvalue weighted by Crippen LogP contribution is 1.94. The van der Waals surface area contributed by atoms with Crippen LogP contribution >= 0.6 is 0 Å². The van der Waals surface area contributed by atoms with E-state index in [0.717, 1.165) is 6.42 Å². The molecular formula is C7H14O2. The topological polar surface area (TPSA) is 18.5 Å². The van der Waals surface area contributed by atoms with E-state index in [4.69, 9.17) is 16.4 Å². The maximum Gasteiger partial charge on any atom is 0.0565 e. The van der Waals surface area contributed by atoms with Crippen molar-refractivity contribution in [2.24, 2.45) is 0 Å². The predicted octanol–water partition coefficient (Wildman–Crippen LogP) is 1.14. The van der Waals surface area contributed by atoms with Crippen LogP contribution in [0.15, 0.2) is 0 Å². The molecule has 1 unspecified atom stereocenters. The molecule has 0 N–H and O–H groups in total. The molecule has 0 aromatic carbocycles. The summed E-state index contributed by atoms with van der Waals surface area (Å²) < 4.78 is 9.88. The summed E-state index contributed by atoms with van der Waals surface area (Å²) in [4.78, 5) is 0. The highest BCUT2D eigenvalue weighted by atomic mass is 16.5. The van der Waals surface area contributed by atoms with Crippen molar-refractivity contribution >= 4 is 0 Å². The molecule has 0 saturated heterocycles. The molecule has 0 amide bonds. The Morgan fingerprint density at radius 1 is 1.56 bits per heavy atom. The van der Waals surface area contributed by atoms with E-state index in [-0.39, 0.29) is 6.10 Å². The highest BCUT2D eigenvalue weighted by molar-refractivity contribution is 4.46. The largest absolute Gasteiger partial charge is 0.382 e. The van der Waals surface area contributed by atoms with E-state index in [1.165, 1.54) is 0 Å². The zero-order valence-electron chi connectivity index (χ0n) is 6.09. The van der Waals surface area contributed by atoms with Crippen molar-refractivity contribution < 1.29 is 9.47 Å². The molecule has 0 fully saturated rings. The summed E-state index contributed by atoms with van der Waals surface area (Å²) in [5.74, 6) is 0. The fraction of sp³-hybridized carbons (Fsp3) is 0.857. The lowest BCUT2D eigenvalue weighted by atomic mass is 10.3. The van der Waals surface area contributed by atoms with E-state index in [1.807, 2.05) is 6.92 Å². The summed E-state index contributed by atoms with van der Waals surface area (Å²) in [6.07, 6.45) is 1.18. The normalized spacial score (nSPS) is 13.7. The van der Waals surface area contributed by atoms with E-state index in [0.29, 0.717) is 13.2 Å². The summed E-state index contributed by atoms with van der Waals surface area (Å²) >= 11 is 0. The highest BCUT2D eigenvalue weighted by Gasteiger charge is 1.96. The van der Waals surface area contributed by atoms with Gasteiger partial charge in [-0.25, -0.2) is 0 Å². The van der Waals surface area contributed by atoms with Gasteiger partial charge >= 0.3 is 0 Å². The SMILES string of the molecule is [CH]COCCC(C)OC. The van der Waals surface area contributed by atoms with Gasteiger partial charge in [0.2, 0.25) is 0 Å². The van der Waals surface area contributed by atoms with Gasteiger partial charge in [0.05, 0.1) is 12.7 Å². The predicted molar refractivity (Wildman–Crippen MR) is 36.2 cm³/mol. The summed E-state index contributed by atoms with van der Waals surface area (Å²) in [5.41, 5.74) is 0. The maximum atomic E-state index is 5.09. The molecule has 0 aliphatic rings. The van der Waals surface area contributed by atoms with Gasteiger partial charge in [-0.15, -0.1) is 0 Å². The lowest BCUT2D eigenvalue weighted by Crippen LogP contribution is -2.08. The fourth-order valence-corrected chi connectivity index (χ4v) is 0.450. The Kier molecular flexibility index (Phi) is 5.99. The lowest BCUT2D eigenvalue weighted by Gasteiger charge is -2.07. The van der Waals surface area contributed by atoms with Crippen LogP contribution in [0, 0.1) is 6.92 Å². The van der Waals surface area contributed by atoms with Gasteiger partial charge in [0, 0.05) is 13.7 Å². The first-order valence-electron chi connectivity index (χ1n) is 3.12. The van der Waals surface area contributed by atoms with Crippen LogP contribution in [0.5, 0.6) is 0 Å². The average molecular weight is 130 g/mol. The van der Waals surface area contributed by atoms with Gasteiger partial charge in [0.1, 0.15) is 0 Å². The monoisotopic (exact) mass is 130 g/mol. The Morgan fingerprint density at radius 2 is 2.22 bits per heavy atom. The number of hydrogen-bond donors (Lipinski definition) is 0. The maximum absolute atomic E-state index is 5.09. The number of rotatable bonds is 5. The number of methoxy groups -OCH3 is 1. The van der Waals surface area contributed by atoms with Gasteiger partial charge in [-0.05, 0) is 20.3 Å². The lowest BCUT2D eigenvalue weighted by molar-refractivity contribution is 0.0699. The summed E-state index contributed by atoms with van der Waals surface area (Å²) in [5, 5.41) is 0. The number of ether oxygens (including phenoxy) is 2. The van der Waals surface area contributed by atoms with Crippen LogP contribution in [0.3, 0.4) is 0 Å². The third-order valence-electron chi connectivity index (χ3n) is 1.19. The van der Waals surface area contributed by atoms with Gasteiger partial charge in [-0.1, -0.05) is 0 Å². The van der Waals surface area contributed by atoms with Gasteiger partial charge in [-0.3, -0.25) is 0 Å². The molecule has 54 valence electrons. The van der Waals surface area contributed by atoms with Crippen molar-refractivity contribution in [3.63, 3.8) is 0 Å². The van der Waals surface area contributed by atoms with Crippen LogP contribution in [0.25, 0.3) is 0 Å². The minimum Gasteiger partial charge on any atom is -0.382 e. The van der Waals surface area contributed by atoms with Crippen LogP contribution in [0.2, 0.25) is 0 Å². The van der Waals surface area contributed by atoms with Gasteiger partial charge in [0.25, 0.3) is 0 Å². The van der Waals surface area contributed by atoms with Crippen LogP contribution in [-0.4, -0.2) is 26.4 Å². The molecule has 0 heterocycles. The van der Waals surface area contributed by atoms with Crippen molar-refractivity contribution in [3.05, 3.63) is 6.92 Å². The molecule has 1 atom stereocenters. The van der Waals surface area contributed by atoms with Crippen molar-refractivity contribution in [1.82, 2.24) is 0 Å². The first-order valence-corrected chi connectivity index (χ1v) is 3.12. The van der Waals surface area contributed by atoms with E-state index < -0.39 is 0 Å². The second-order valence-electron chi connectivity index (χ2n) is 1.91. The molecule has 0 aliphatic carbocycles. The molecule has 2 nitrogen and oxygen atoms in total. The summed E-state index contributed by atoms with van der Waals surface area (Å²) in [7, 11) is 1.69. The molecule has 9 heavy (non-hydrogen) atoms. The standard InChI is InChI=1S/C7H14O2/c1-4-9-6-5-7(2)8-3/h1,7H,4-6H2,2-3H3. The van der Waals surface area contributed by atoms with Crippen LogP contribution in [0.4, 0.5) is 0 Å². The van der Waals surface area contributed by atoms with E-state index in [1.54, 1.807) is 7.11 Å². The van der Waals surface area contributed by atoms with Crippen LogP contribution in [-0.2, 0) is 9.47 Å². The van der Waals surface area contributed by atoms with E-state index in [9.17, 15) is 0 Å². The second kappa shape index (κ2) is 6.05. The molecule has 0 aromatic heterocycles. The second-order valence-corrected chi connectivity index (χ2v) is 1.91. The Hall–Kier alpha value is -0.0800. The zero-order valence-corrected chi connectivity index (χ0v) is 6.09. The van der Waals surface area contributed by atoms with E-state index >= 15 is 0 Å². The van der Waals surface area contributed by atoms with E-state index in [2.05, 4.69) is 0 Å². The van der Waals surface area contributed by atoms with Gasteiger partial charge in [0.15, 0.2) is 0 Å². The Labute approximate surface area is 57.2 Å². The minimum atomic E-state index is 0.275. The zero-order chi connectivity index (χ0) is 7.11. The fourth-order valence-electron chi connectivity index (χ4n) is 0.450. The van der Waals surface area contributed by atoms with Crippen LogP contribution in [0.1, 0.15) is 13.3 Å². The molecule has 2 radical (unpaired) electrons. The average Bonchev–Trinajstić information content (AvgIpc) is 1.89. The Bertz CT molecular complexity index is 54.9. The molecule has 0 spiro atoms. The Balaban J connectivity index is 2.88. The van der Waals surface area contributed by atoms with Gasteiger partial charge < -0.3 is 9.47 Å². The molecular weight excluding hydrogens is 116 g/mol. The third-order valence-corrected chi connectivity index (χ3v) is 1.19. The smallest absolute Gasteiger partial charge is 0.0565 e. The van der Waals surface area contributed by atoms with Crippen molar-refractivity contribution in [2.75, 3.05) is 20.3 Å². The quantitative estimate of drug-likeness (QED) is 0.519. The van der Waals surface area contributed by atoms with Gasteiger partial charge in [-0.2, -0.15) is 0 Å². The molecule has 0 aromatic rings. The third kappa shape index (κ3) is 5.80. The molecule has 0 aliphatic heterocycles. The molecule has 0 bridgehead atoms. The summed E-state index contributed by atoms with van der Waals surface area (Å²) in [6.45, 7) is 8.08. The molecule has 0 rings (SSSR count). The van der Waals surface area contributed by atoms with Crippen molar-refractivity contribution in [2.45, 2.75) is 19.4 Å². The molecule has 2 heteroatoms. The van der Waals surface area contributed by atoms with Crippen LogP contribution < -0.4 is 0 Å². The first kappa shape index (κ1) is 8.92. The minimum absolute atomic E-state index is 0.275. The van der Waals surface area contributed by atoms with Crippen molar-refractivity contribution in [1.29, 1.82) is 0 Å². The summed E-state index contributed by atoms with van der Waals surface area (Å²) in [6, 6.07) is 0. The first-order chi connectivity index (χ1) is 4.31.